The van der Waals surface area contributed by atoms with Gasteiger partial charge >= 0.3 is 5.97 Å². The lowest BCUT2D eigenvalue weighted by atomic mass is 9.89. The Balaban J connectivity index is 5.65. The van der Waals surface area contributed by atoms with E-state index >= 15 is 0 Å². The maximum atomic E-state index is 11.7. The quantitative estimate of drug-likeness (QED) is 0.232. The van der Waals surface area contributed by atoms with Gasteiger partial charge in [0.1, 0.15) is 0 Å². The van der Waals surface area contributed by atoms with Crippen LogP contribution in [-0.4, -0.2) is 12.6 Å². The molecule has 0 aliphatic rings. The minimum atomic E-state index is -0.244. The van der Waals surface area contributed by atoms with Crippen molar-refractivity contribution in [3.05, 3.63) is 34.9 Å². The lowest BCUT2D eigenvalue weighted by Gasteiger charge is -2.16. The summed E-state index contributed by atoms with van der Waals surface area (Å²) in [5.41, 5.74) is 4.23. The Labute approximate surface area is 143 Å². The van der Waals surface area contributed by atoms with Gasteiger partial charge in [0.2, 0.25) is 0 Å². The fourth-order valence-corrected chi connectivity index (χ4v) is 2.70. The molecule has 0 fully saturated rings. The Morgan fingerprint density at radius 2 is 1.48 bits per heavy atom. The summed E-state index contributed by atoms with van der Waals surface area (Å²) in [4.78, 5) is 11.7. The highest BCUT2D eigenvalue weighted by Gasteiger charge is 2.09. The van der Waals surface area contributed by atoms with Crippen molar-refractivity contribution in [3.8, 4) is 0 Å². The third-order valence-electron chi connectivity index (χ3n) is 3.70. The number of esters is 1. The molecule has 0 aromatic rings. The second-order valence-electron chi connectivity index (χ2n) is 5.86. The first kappa shape index (κ1) is 21.7. The van der Waals surface area contributed by atoms with E-state index in [1.807, 2.05) is 13.0 Å². The van der Waals surface area contributed by atoms with E-state index in [4.69, 9.17) is 4.74 Å². The van der Waals surface area contributed by atoms with Gasteiger partial charge in [-0.2, -0.15) is 0 Å². The molecule has 0 aliphatic carbocycles. The summed E-state index contributed by atoms with van der Waals surface area (Å²) >= 11 is 0. The lowest BCUT2D eigenvalue weighted by molar-refractivity contribution is -0.137. The van der Waals surface area contributed by atoms with E-state index in [1.165, 1.54) is 23.1 Å². The first-order valence-electron chi connectivity index (χ1n) is 9.40. The molecule has 0 saturated heterocycles. The standard InChI is InChI=1S/C21H36O2/c1-6-11-15-18(12-7-2)20(14-9-4)19(13-8-3)16-17-21(22)23-10-5/h15-17H,6-14H2,1-5H3/b17-16+,18-15+,20-19+. The molecule has 0 atom stereocenters. The predicted molar refractivity (Wildman–Crippen MR) is 101 cm³/mol. The van der Waals surface area contributed by atoms with Gasteiger partial charge in [0.05, 0.1) is 6.61 Å². The molecule has 0 N–H and O–H groups in total. The molecule has 0 aliphatic heterocycles. The van der Waals surface area contributed by atoms with Crippen molar-refractivity contribution in [1.82, 2.24) is 0 Å². The Kier molecular flexibility index (Phi) is 13.5. The third-order valence-corrected chi connectivity index (χ3v) is 3.70. The van der Waals surface area contributed by atoms with Crippen molar-refractivity contribution in [2.45, 2.75) is 86.0 Å². The van der Waals surface area contributed by atoms with Gasteiger partial charge in [0, 0.05) is 6.08 Å². The van der Waals surface area contributed by atoms with E-state index in [2.05, 4.69) is 33.8 Å². The largest absolute Gasteiger partial charge is 0.463 e. The number of unbranched alkanes of at least 4 members (excludes halogenated alkanes) is 1. The highest BCUT2D eigenvalue weighted by molar-refractivity contribution is 5.82. The zero-order valence-corrected chi connectivity index (χ0v) is 15.9. The van der Waals surface area contributed by atoms with Crippen LogP contribution in [0.2, 0.25) is 0 Å². The molecule has 2 nitrogen and oxygen atoms in total. The summed E-state index contributed by atoms with van der Waals surface area (Å²) in [7, 11) is 0. The Morgan fingerprint density at radius 1 is 0.826 bits per heavy atom. The highest BCUT2D eigenvalue weighted by atomic mass is 16.5. The molecule has 0 unspecified atom stereocenters. The summed E-state index contributed by atoms with van der Waals surface area (Å²) < 4.78 is 5.02. The first-order valence-corrected chi connectivity index (χ1v) is 9.40. The summed E-state index contributed by atoms with van der Waals surface area (Å²) in [5.74, 6) is -0.244. The predicted octanol–water partition coefficient (Wildman–Crippen LogP) is 6.53. The summed E-state index contributed by atoms with van der Waals surface area (Å²) in [6, 6.07) is 0. The van der Waals surface area contributed by atoms with Crippen molar-refractivity contribution < 1.29 is 9.53 Å². The van der Waals surface area contributed by atoms with Crippen LogP contribution in [0.25, 0.3) is 0 Å². The average molecular weight is 321 g/mol. The molecular weight excluding hydrogens is 284 g/mol. The number of allylic oxidation sites excluding steroid dienone is 5. The van der Waals surface area contributed by atoms with Crippen molar-refractivity contribution in [1.29, 1.82) is 0 Å². The van der Waals surface area contributed by atoms with Crippen molar-refractivity contribution in [2.24, 2.45) is 0 Å². The molecular formula is C21H36O2. The van der Waals surface area contributed by atoms with Gasteiger partial charge in [-0.1, -0.05) is 65.5 Å². The van der Waals surface area contributed by atoms with Crippen LogP contribution in [0.3, 0.4) is 0 Å². The molecule has 0 spiro atoms. The molecule has 0 amide bonds. The number of hydrogen-bond donors (Lipinski definition) is 0. The van der Waals surface area contributed by atoms with Crippen LogP contribution in [0.4, 0.5) is 0 Å². The minimum absolute atomic E-state index is 0.244. The number of hydrogen-bond acceptors (Lipinski definition) is 2. The van der Waals surface area contributed by atoms with Gasteiger partial charge in [0.25, 0.3) is 0 Å². The molecule has 0 saturated carbocycles. The molecule has 23 heavy (non-hydrogen) atoms. The van der Waals surface area contributed by atoms with Gasteiger partial charge in [-0.05, 0) is 49.3 Å². The van der Waals surface area contributed by atoms with Crippen LogP contribution in [0.1, 0.15) is 86.0 Å². The Hall–Kier alpha value is -1.31. The van der Waals surface area contributed by atoms with Gasteiger partial charge in [-0.3, -0.25) is 0 Å². The number of carbonyl (C=O) groups excluding carboxylic acids is 1. The fourth-order valence-electron chi connectivity index (χ4n) is 2.70. The van der Waals surface area contributed by atoms with E-state index < -0.39 is 0 Å². The van der Waals surface area contributed by atoms with Crippen LogP contribution in [0.5, 0.6) is 0 Å². The van der Waals surface area contributed by atoms with Crippen molar-refractivity contribution in [2.75, 3.05) is 6.61 Å². The maximum absolute atomic E-state index is 11.7. The van der Waals surface area contributed by atoms with E-state index in [0.29, 0.717) is 6.61 Å². The van der Waals surface area contributed by atoms with Crippen LogP contribution in [0.15, 0.2) is 34.9 Å². The van der Waals surface area contributed by atoms with Crippen LogP contribution in [0, 0.1) is 0 Å². The third kappa shape index (κ3) is 9.43. The van der Waals surface area contributed by atoms with E-state index in [1.54, 1.807) is 6.08 Å². The molecule has 0 rings (SSSR count). The van der Waals surface area contributed by atoms with Crippen molar-refractivity contribution >= 4 is 5.97 Å². The van der Waals surface area contributed by atoms with Gasteiger partial charge in [-0.25, -0.2) is 4.79 Å². The van der Waals surface area contributed by atoms with Gasteiger partial charge in [-0.15, -0.1) is 0 Å². The zero-order chi connectivity index (χ0) is 17.5. The number of rotatable bonds is 12. The van der Waals surface area contributed by atoms with Crippen molar-refractivity contribution in [3.63, 3.8) is 0 Å². The second kappa shape index (κ2) is 14.3. The van der Waals surface area contributed by atoms with Crippen LogP contribution in [-0.2, 0) is 9.53 Å². The minimum Gasteiger partial charge on any atom is -0.463 e. The van der Waals surface area contributed by atoms with Gasteiger partial charge < -0.3 is 4.74 Å². The first-order chi connectivity index (χ1) is 11.1. The van der Waals surface area contributed by atoms with Gasteiger partial charge in [0.15, 0.2) is 0 Å². The monoisotopic (exact) mass is 320 g/mol. The SMILES string of the molecule is CCC/C=C(CCC)/C(CCC)=C(/C=C/C(=O)OCC)CCC. The second-order valence-corrected chi connectivity index (χ2v) is 5.86. The average Bonchev–Trinajstić information content (AvgIpc) is 2.54. The summed E-state index contributed by atoms with van der Waals surface area (Å²) in [6.07, 6.45) is 14.9. The Morgan fingerprint density at radius 3 is 2.00 bits per heavy atom. The summed E-state index contributed by atoms with van der Waals surface area (Å²) in [6.45, 7) is 11.1. The lowest BCUT2D eigenvalue weighted by Crippen LogP contribution is -2.01. The maximum Gasteiger partial charge on any atom is 0.330 e. The smallest absolute Gasteiger partial charge is 0.330 e. The molecule has 132 valence electrons. The van der Waals surface area contributed by atoms with E-state index in [-0.39, 0.29) is 5.97 Å². The molecule has 0 aromatic carbocycles. The molecule has 2 heteroatoms. The fraction of sp³-hybridized carbons (Fsp3) is 0.667. The molecule has 0 radical (unpaired) electrons. The topological polar surface area (TPSA) is 26.3 Å². The molecule has 0 bridgehead atoms. The highest BCUT2D eigenvalue weighted by Crippen LogP contribution is 2.28. The molecule has 0 aromatic heterocycles. The van der Waals surface area contributed by atoms with E-state index in [0.717, 1.165) is 44.9 Å². The number of carbonyl (C=O) groups is 1. The Bertz CT molecular complexity index is 414. The normalized spacial score (nSPS) is 13.3. The molecule has 0 heterocycles. The van der Waals surface area contributed by atoms with Crippen LogP contribution < -0.4 is 0 Å². The zero-order valence-electron chi connectivity index (χ0n) is 15.9. The number of ether oxygens (including phenoxy) is 1. The van der Waals surface area contributed by atoms with E-state index in [9.17, 15) is 4.79 Å². The van der Waals surface area contributed by atoms with Crippen LogP contribution >= 0.6 is 0 Å². The summed E-state index contributed by atoms with van der Waals surface area (Å²) in [5, 5.41) is 0.